The molecule has 0 radical (unpaired) electrons. The largest absolute Gasteiger partial charge is 0.483 e. The van der Waals surface area contributed by atoms with Crippen LogP contribution in [0.25, 0.3) is 0 Å². The van der Waals surface area contributed by atoms with Gasteiger partial charge in [0.05, 0.1) is 0 Å². The molecule has 7 nitrogen and oxygen atoms in total. The maximum atomic E-state index is 11.9. The molecule has 0 atom stereocenters. The standard InChI is InChI=1S/C12H8Cl2O3S.C12H15NO3/c13-9-1-5-11(6-2-9)17-18(15,16)12-7-3-10(14)4-8-12;1-12(2)7-8-5-4-6-9(10(8)16-12)15-11(14)13-3/h1-8H;4-6H,7H2,1-3H3,(H,13,14). The summed E-state index contributed by atoms with van der Waals surface area (Å²) in [5.41, 5.74) is 0.844. The molecule has 0 aromatic heterocycles. The van der Waals surface area contributed by atoms with Crippen molar-refractivity contribution >= 4 is 39.4 Å². The minimum atomic E-state index is -3.84. The van der Waals surface area contributed by atoms with E-state index in [2.05, 4.69) is 5.32 Å². The van der Waals surface area contributed by atoms with Crippen molar-refractivity contribution in [1.82, 2.24) is 5.32 Å². The Labute approximate surface area is 208 Å². The van der Waals surface area contributed by atoms with Gasteiger partial charge in [0.1, 0.15) is 16.2 Å². The number of amides is 1. The first-order valence-electron chi connectivity index (χ1n) is 10.2. The molecule has 180 valence electrons. The highest BCUT2D eigenvalue weighted by atomic mass is 35.5. The molecule has 34 heavy (non-hydrogen) atoms. The number of halogens is 2. The Morgan fingerprint density at radius 3 is 2.15 bits per heavy atom. The summed E-state index contributed by atoms with van der Waals surface area (Å²) in [4.78, 5) is 11.2. The summed E-state index contributed by atoms with van der Waals surface area (Å²) < 4.78 is 39.6. The molecular formula is C24H23Cl2NO6S. The van der Waals surface area contributed by atoms with Crippen LogP contribution in [0.1, 0.15) is 19.4 Å². The molecule has 1 N–H and O–H groups in total. The number of ether oxygens (including phenoxy) is 2. The highest BCUT2D eigenvalue weighted by molar-refractivity contribution is 7.87. The molecule has 1 amide bonds. The third-order valence-corrected chi connectivity index (χ3v) is 6.35. The highest BCUT2D eigenvalue weighted by Gasteiger charge is 2.32. The lowest BCUT2D eigenvalue weighted by Crippen LogP contribution is -2.25. The van der Waals surface area contributed by atoms with E-state index in [9.17, 15) is 13.2 Å². The SMILES string of the molecule is CNC(=O)Oc1cccc2c1OC(C)(C)C2.O=S(=O)(Oc1ccc(Cl)cc1)c1ccc(Cl)cc1. The number of rotatable bonds is 4. The first kappa shape index (κ1) is 25.7. The predicted molar refractivity (Wildman–Crippen MR) is 131 cm³/mol. The van der Waals surface area contributed by atoms with Crippen LogP contribution in [0.15, 0.2) is 71.6 Å². The van der Waals surface area contributed by atoms with E-state index in [1.54, 1.807) is 18.2 Å². The van der Waals surface area contributed by atoms with E-state index >= 15 is 0 Å². The molecule has 0 spiro atoms. The molecule has 0 fully saturated rings. The van der Waals surface area contributed by atoms with Gasteiger partial charge >= 0.3 is 16.2 Å². The van der Waals surface area contributed by atoms with E-state index in [4.69, 9.17) is 36.9 Å². The van der Waals surface area contributed by atoms with Crippen LogP contribution in [0, 0.1) is 0 Å². The Balaban J connectivity index is 0.000000192. The fraction of sp³-hybridized carbons (Fsp3) is 0.208. The van der Waals surface area contributed by atoms with Crippen molar-refractivity contribution in [3.05, 3.63) is 82.3 Å². The van der Waals surface area contributed by atoms with Gasteiger partial charge in [-0.05, 0) is 68.4 Å². The van der Waals surface area contributed by atoms with Crippen LogP contribution >= 0.6 is 23.2 Å². The minimum Gasteiger partial charge on any atom is -0.483 e. The van der Waals surface area contributed by atoms with E-state index < -0.39 is 16.2 Å². The third-order valence-electron chi connectivity index (χ3n) is 4.58. The molecule has 0 unspecified atom stereocenters. The number of carbonyl (C=O) groups excluding carboxylic acids is 1. The number of hydrogen-bond donors (Lipinski definition) is 1. The fourth-order valence-electron chi connectivity index (χ4n) is 3.08. The van der Waals surface area contributed by atoms with Crippen molar-refractivity contribution in [2.24, 2.45) is 0 Å². The average Bonchev–Trinajstić information content (AvgIpc) is 3.11. The lowest BCUT2D eigenvalue weighted by molar-refractivity contribution is 0.133. The van der Waals surface area contributed by atoms with Crippen LogP contribution in [-0.2, 0) is 16.5 Å². The monoisotopic (exact) mass is 523 g/mol. The van der Waals surface area contributed by atoms with Crippen LogP contribution < -0.4 is 19.0 Å². The summed E-state index contributed by atoms with van der Waals surface area (Å²) in [6, 6.07) is 17.4. The van der Waals surface area contributed by atoms with E-state index in [-0.39, 0.29) is 16.2 Å². The third kappa shape index (κ3) is 6.79. The summed E-state index contributed by atoms with van der Waals surface area (Å²) in [7, 11) is -2.32. The number of benzene rings is 3. The zero-order chi connectivity index (χ0) is 24.9. The Morgan fingerprint density at radius 2 is 1.56 bits per heavy atom. The van der Waals surface area contributed by atoms with Crippen molar-refractivity contribution in [3.8, 4) is 17.2 Å². The zero-order valence-electron chi connectivity index (χ0n) is 18.7. The van der Waals surface area contributed by atoms with E-state index in [1.807, 2.05) is 26.0 Å². The minimum absolute atomic E-state index is 0.0434. The number of carbonyl (C=O) groups is 1. The molecule has 0 saturated carbocycles. The van der Waals surface area contributed by atoms with Gasteiger partial charge in [0.15, 0.2) is 11.5 Å². The molecule has 1 heterocycles. The van der Waals surface area contributed by atoms with Crippen molar-refractivity contribution in [2.75, 3.05) is 7.05 Å². The number of fused-ring (bicyclic) bond motifs is 1. The number of para-hydroxylation sites is 1. The lowest BCUT2D eigenvalue weighted by atomic mass is 10.0. The second-order valence-corrected chi connectivity index (χ2v) is 10.3. The van der Waals surface area contributed by atoms with Crippen LogP contribution in [0.2, 0.25) is 10.0 Å². The summed E-state index contributed by atoms with van der Waals surface area (Å²) >= 11 is 11.4. The fourth-order valence-corrected chi connectivity index (χ4v) is 4.27. The smallest absolute Gasteiger partial charge is 0.412 e. The van der Waals surface area contributed by atoms with E-state index in [0.717, 1.165) is 12.0 Å². The summed E-state index contributed by atoms with van der Waals surface area (Å²) in [6.07, 6.45) is 0.342. The average molecular weight is 524 g/mol. The predicted octanol–water partition coefficient (Wildman–Crippen LogP) is 5.88. The molecule has 0 bridgehead atoms. The summed E-state index contributed by atoms with van der Waals surface area (Å²) in [5.74, 6) is 1.35. The number of hydrogen-bond acceptors (Lipinski definition) is 6. The second kappa shape index (κ2) is 10.5. The molecule has 0 aliphatic carbocycles. The van der Waals surface area contributed by atoms with Crippen LogP contribution in [0.3, 0.4) is 0 Å². The first-order chi connectivity index (χ1) is 16.0. The normalized spacial score (nSPS) is 13.6. The van der Waals surface area contributed by atoms with Gasteiger partial charge < -0.3 is 19.0 Å². The summed E-state index contributed by atoms with van der Waals surface area (Å²) in [6.45, 7) is 4.02. The van der Waals surface area contributed by atoms with Crippen LogP contribution in [0.4, 0.5) is 4.79 Å². The van der Waals surface area contributed by atoms with Gasteiger partial charge in [-0.3, -0.25) is 0 Å². The molecule has 4 rings (SSSR count). The molecule has 1 aliphatic heterocycles. The highest BCUT2D eigenvalue weighted by Crippen LogP contribution is 2.41. The van der Waals surface area contributed by atoms with Gasteiger partial charge in [-0.1, -0.05) is 35.3 Å². The van der Waals surface area contributed by atoms with Gasteiger partial charge in [0.25, 0.3) is 0 Å². The molecule has 1 aliphatic rings. The zero-order valence-corrected chi connectivity index (χ0v) is 21.0. The summed E-state index contributed by atoms with van der Waals surface area (Å²) in [5, 5.41) is 3.37. The van der Waals surface area contributed by atoms with Gasteiger partial charge in [0.2, 0.25) is 0 Å². The van der Waals surface area contributed by atoms with Gasteiger partial charge in [-0.25, -0.2) is 4.79 Å². The van der Waals surface area contributed by atoms with Crippen molar-refractivity contribution in [1.29, 1.82) is 0 Å². The van der Waals surface area contributed by atoms with Crippen molar-refractivity contribution in [2.45, 2.75) is 30.8 Å². The van der Waals surface area contributed by atoms with E-state index in [1.165, 1.54) is 43.4 Å². The number of nitrogens with one attached hydrogen (secondary N) is 1. The topological polar surface area (TPSA) is 90.9 Å². The Bertz CT molecular complexity index is 1260. The Kier molecular flexibility index (Phi) is 7.97. The first-order valence-corrected chi connectivity index (χ1v) is 12.3. The maximum absolute atomic E-state index is 11.9. The van der Waals surface area contributed by atoms with Gasteiger partial charge in [-0.2, -0.15) is 8.42 Å². The second-order valence-electron chi connectivity index (χ2n) is 7.87. The van der Waals surface area contributed by atoms with Gasteiger partial charge in [-0.15, -0.1) is 0 Å². The lowest BCUT2D eigenvalue weighted by Gasteiger charge is -2.17. The van der Waals surface area contributed by atoms with Crippen LogP contribution in [-0.4, -0.2) is 27.2 Å². The molecule has 3 aromatic rings. The molecule has 3 aromatic carbocycles. The Morgan fingerprint density at radius 1 is 0.971 bits per heavy atom. The van der Waals surface area contributed by atoms with Crippen molar-refractivity contribution < 1.29 is 26.9 Å². The maximum Gasteiger partial charge on any atom is 0.412 e. The molecule has 0 saturated heterocycles. The van der Waals surface area contributed by atoms with Crippen LogP contribution in [0.5, 0.6) is 17.2 Å². The van der Waals surface area contributed by atoms with Gasteiger partial charge in [0, 0.05) is 29.1 Å². The van der Waals surface area contributed by atoms with Crippen molar-refractivity contribution in [3.63, 3.8) is 0 Å². The quantitative estimate of drug-likeness (QED) is 0.429. The molecular weight excluding hydrogens is 501 g/mol. The molecule has 10 heteroatoms. The Hall–Kier alpha value is -2.94. The van der Waals surface area contributed by atoms with E-state index in [0.29, 0.717) is 21.5 Å².